The zero-order valence-electron chi connectivity index (χ0n) is 12.6. The second-order valence-corrected chi connectivity index (χ2v) is 6.21. The van der Waals surface area contributed by atoms with E-state index in [1.807, 2.05) is 11.6 Å². The van der Waals surface area contributed by atoms with Gasteiger partial charge >= 0.3 is 0 Å². The van der Waals surface area contributed by atoms with Gasteiger partial charge in [-0.25, -0.2) is 4.98 Å². The molecule has 0 N–H and O–H groups in total. The van der Waals surface area contributed by atoms with Crippen LogP contribution in [0.1, 0.15) is 29.1 Å². The standard InChI is InChI=1S/C16H20N2O2S/c1-11-13-9-15(20-3)14(19-2)8-12(13)4-6-18(11)10-16-17-5-7-21-16/h5,7-9,11H,4,6,10H2,1-3H3. The number of ether oxygens (including phenoxy) is 2. The molecular formula is C16H20N2O2S. The van der Waals surface area contributed by atoms with E-state index in [0.29, 0.717) is 6.04 Å². The van der Waals surface area contributed by atoms with Crippen molar-refractivity contribution in [1.82, 2.24) is 9.88 Å². The fraction of sp³-hybridized carbons (Fsp3) is 0.438. The van der Waals surface area contributed by atoms with Crippen LogP contribution < -0.4 is 9.47 Å². The molecule has 1 atom stereocenters. The number of fused-ring (bicyclic) bond motifs is 1. The second kappa shape index (κ2) is 6.03. The molecule has 112 valence electrons. The van der Waals surface area contributed by atoms with E-state index >= 15 is 0 Å². The van der Waals surface area contributed by atoms with E-state index in [1.54, 1.807) is 25.6 Å². The third kappa shape index (κ3) is 2.76. The highest BCUT2D eigenvalue weighted by molar-refractivity contribution is 7.09. The second-order valence-electron chi connectivity index (χ2n) is 5.23. The van der Waals surface area contributed by atoms with E-state index < -0.39 is 0 Å². The van der Waals surface area contributed by atoms with Crippen molar-refractivity contribution in [3.05, 3.63) is 39.8 Å². The third-order valence-electron chi connectivity index (χ3n) is 4.13. The number of nitrogens with zero attached hydrogens (tertiary/aromatic N) is 2. The van der Waals surface area contributed by atoms with Crippen molar-refractivity contribution in [3.63, 3.8) is 0 Å². The van der Waals surface area contributed by atoms with E-state index in [0.717, 1.165) is 31.0 Å². The molecule has 2 aromatic rings. The summed E-state index contributed by atoms with van der Waals surface area (Å²) in [6, 6.07) is 4.59. The van der Waals surface area contributed by atoms with Crippen LogP contribution in [0.25, 0.3) is 0 Å². The van der Waals surface area contributed by atoms with Gasteiger partial charge in [-0.2, -0.15) is 0 Å². The predicted molar refractivity (Wildman–Crippen MR) is 84.2 cm³/mol. The van der Waals surface area contributed by atoms with Crippen LogP contribution in [0.3, 0.4) is 0 Å². The molecule has 1 aliphatic heterocycles. The maximum absolute atomic E-state index is 5.44. The van der Waals surface area contributed by atoms with Gasteiger partial charge in [0.15, 0.2) is 11.5 Å². The minimum absolute atomic E-state index is 0.359. The number of methoxy groups -OCH3 is 2. The van der Waals surface area contributed by atoms with E-state index in [4.69, 9.17) is 9.47 Å². The number of thiazole rings is 1. The van der Waals surface area contributed by atoms with Gasteiger partial charge in [-0.3, -0.25) is 4.90 Å². The fourth-order valence-corrected chi connectivity index (χ4v) is 3.56. The van der Waals surface area contributed by atoms with Gasteiger partial charge in [0.2, 0.25) is 0 Å². The Morgan fingerprint density at radius 2 is 2.05 bits per heavy atom. The zero-order valence-corrected chi connectivity index (χ0v) is 13.4. The zero-order chi connectivity index (χ0) is 14.8. The summed E-state index contributed by atoms with van der Waals surface area (Å²) in [4.78, 5) is 6.86. The highest BCUT2D eigenvalue weighted by atomic mass is 32.1. The van der Waals surface area contributed by atoms with Gasteiger partial charge in [0.25, 0.3) is 0 Å². The average Bonchev–Trinajstić information content (AvgIpc) is 3.02. The summed E-state index contributed by atoms with van der Waals surface area (Å²) in [5.74, 6) is 1.62. The molecule has 0 saturated heterocycles. The minimum atomic E-state index is 0.359. The first kappa shape index (κ1) is 14.4. The van der Waals surface area contributed by atoms with Crippen molar-refractivity contribution in [2.24, 2.45) is 0 Å². The molecule has 3 rings (SSSR count). The summed E-state index contributed by atoms with van der Waals surface area (Å²) in [5, 5.41) is 3.21. The molecule has 4 nitrogen and oxygen atoms in total. The van der Waals surface area contributed by atoms with Crippen LogP contribution >= 0.6 is 11.3 Å². The minimum Gasteiger partial charge on any atom is -0.493 e. The van der Waals surface area contributed by atoms with Crippen LogP contribution in [-0.4, -0.2) is 30.6 Å². The lowest BCUT2D eigenvalue weighted by molar-refractivity contribution is 0.188. The van der Waals surface area contributed by atoms with Gasteiger partial charge < -0.3 is 9.47 Å². The average molecular weight is 304 g/mol. The first-order valence-corrected chi connectivity index (χ1v) is 7.98. The van der Waals surface area contributed by atoms with Gasteiger partial charge in [0.1, 0.15) is 5.01 Å². The number of hydrogen-bond donors (Lipinski definition) is 0. The van der Waals surface area contributed by atoms with Gasteiger partial charge in [-0.15, -0.1) is 11.3 Å². The quantitative estimate of drug-likeness (QED) is 0.868. The summed E-state index contributed by atoms with van der Waals surface area (Å²) in [5.41, 5.74) is 2.69. The molecule has 0 saturated carbocycles. The molecule has 5 heteroatoms. The Labute approximate surface area is 129 Å². The SMILES string of the molecule is COc1cc2c(cc1OC)C(C)N(Cc1nccs1)CC2. The van der Waals surface area contributed by atoms with Crippen LogP contribution in [0.2, 0.25) is 0 Å². The number of benzene rings is 1. The largest absolute Gasteiger partial charge is 0.493 e. The molecule has 0 aliphatic carbocycles. The third-order valence-corrected chi connectivity index (χ3v) is 4.90. The molecule has 21 heavy (non-hydrogen) atoms. The molecule has 0 fully saturated rings. The summed E-state index contributed by atoms with van der Waals surface area (Å²) in [6.45, 7) is 4.20. The van der Waals surface area contributed by atoms with Crippen LogP contribution in [0, 0.1) is 0 Å². The number of rotatable bonds is 4. The van der Waals surface area contributed by atoms with Crippen molar-refractivity contribution in [2.45, 2.75) is 25.9 Å². The lowest BCUT2D eigenvalue weighted by atomic mass is 9.93. The van der Waals surface area contributed by atoms with E-state index in [2.05, 4.69) is 28.9 Å². The Hall–Kier alpha value is -1.59. The lowest BCUT2D eigenvalue weighted by Gasteiger charge is -2.35. The van der Waals surface area contributed by atoms with Crippen molar-refractivity contribution in [2.75, 3.05) is 20.8 Å². The molecule has 2 heterocycles. The van der Waals surface area contributed by atoms with E-state index in [9.17, 15) is 0 Å². The molecule has 1 aliphatic rings. The first-order valence-electron chi connectivity index (χ1n) is 7.10. The molecular weight excluding hydrogens is 284 g/mol. The Balaban J connectivity index is 1.88. The van der Waals surface area contributed by atoms with Crippen molar-refractivity contribution in [1.29, 1.82) is 0 Å². The van der Waals surface area contributed by atoms with Gasteiger partial charge in [-0.05, 0) is 36.6 Å². The Bertz CT molecular complexity index is 613. The first-order chi connectivity index (χ1) is 10.2. The Morgan fingerprint density at radius 1 is 1.29 bits per heavy atom. The van der Waals surface area contributed by atoms with Gasteiger partial charge in [0, 0.05) is 24.2 Å². The normalized spacial score (nSPS) is 18.3. The lowest BCUT2D eigenvalue weighted by Crippen LogP contribution is -2.33. The monoisotopic (exact) mass is 304 g/mol. The van der Waals surface area contributed by atoms with Crippen LogP contribution in [0.15, 0.2) is 23.7 Å². The maximum Gasteiger partial charge on any atom is 0.161 e. The number of hydrogen-bond acceptors (Lipinski definition) is 5. The van der Waals surface area contributed by atoms with E-state index in [-0.39, 0.29) is 0 Å². The van der Waals surface area contributed by atoms with Crippen molar-refractivity contribution < 1.29 is 9.47 Å². The summed E-state index contributed by atoms with van der Waals surface area (Å²) < 4.78 is 10.8. The molecule has 0 bridgehead atoms. The summed E-state index contributed by atoms with van der Waals surface area (Å²) in [7, 11) is 3.37. The van der Waals surface area contributed by atoms with E-state index in [1.165, 1.54) is 16.1 Å². The summed E-state index contributed by atoms with van der Waals surface area (Å²) in [6.07, 6.45) is 2.90. The Kier molecular flexibility index (Phi) is 4.12. The fourth-order valence-electron chi connectivity index (χ4n) is 2.92. The molecule has 0 radical (unpaired) electrons. The molecule has 1 aromatic heterocycles. The van der Waals surface area contributed by atoms with Crippen LogP contribution in [0.5, 0.6) is 11.5 Å². The van der Waals surface area contributed by atoms with Crippen LogP contribution in [0.4, 0.5) is 0 Å². The van der Waals surface area contributed by atoms with Gasteiger partial charge in [0.05, 0.1) is 20.8 Å². The molecule has 0 amide bonds. The predicted octanol–water partition coefficient (Wildman–Crippen LogP) is 3.28. The highest BCUT2D eigenvalue weighted by Crippen LogP contribution is 2.38. The molecule has 0 spiro atoms. The molecule has 1 aromatic carbocycles. The van der Waals surface area contributed by atoms with Crippen molar-refractivity contribution in [3.8, 4) is 11.5 Å². The van der Waals surface area contributed by atoms with Gasteiger partial charge in [-0.1, -0.05) is 0 Å². The van der Waals surface area contributed by atoms with Crippen molar-refractivity contribution >= 4 is 11.3 Å². The maximum atomic E-state index is 5.44. The highest BCUT2D eigenvalue weighted by Gasteiger charge is 2.26. The van der Waals surface area contributed by atoms with Crippen LogP contribution in [-0.2, 0) is 13.0 Å². The molecule has 1 unspecified atom stereocenters. The smallest absolute Gasteiger partial charge is 0.161 e. The topological polar surface area (TPSA) is 34.6 Å². The summed E-state index contributed by atoms with van der Waals surface area (Å²) >= 11 is 1.72. The number of aromatic nitrogens is 1. The Morgan fingerprint density at radius 3 is 2.71 bits per heavy atom.